The number of benzene rings is 1. The molecule has 3 rings (SSSR count). The van der Waals surface area contributed by atoms with Crippen molar-refractivity contribution in [1.29, 1.82) is 0 Å². The van der Waals surface area contributed by atoms with Crippen LogP contribution in [0.4, 0.5) is 5.82 Å². The Morgan fingerprint density at radius 3 is 3.00 bits per heavy atom. The second-order valence-electron chi connectivity index (χ2n) is 5.72. The number of hydrogen-bond donors (Lipinski definition) is 2. The molecule has 8 heteroatoms. The van der Waals surface area contributed by atoms with Gasteiger partial charge < -0.3 is 5.32 Å². The van der Waals surface area contributed by atoms with Crippen molar-refractivity contribution < 1.29 is 14.4 Å². The maximum absolute atomic E-state index is 12.2. The van der Waals surface area contributed by atoms with Crippen LogP contribution < -0.4 is 10.8 Å². The van der Waals surface area contributed by atoms with Crippen molar-refractivity contribution in [3.8, 4) is 11.3 Å². The van der Waals surface area contributed by atoms with E-state index in [2.05, 4.69) is 15.9 Å². The van der Waals surface area contributed by atoms with E-state index in [1.165, 1.54) is 0 Å². The molecule has 2 N–H and O–H groups in total. The molecule has 132 valence electrons. The lowest BCUT2D eigenvalue weighted by Crippen LogP contribution is -2.37. The molecule has 1 aromatic carbocycles. The minimum atomic E-state index is -0.472. The summed E-state index contributed by atoms with van der Waals surface area (Å²) >= 11 is 1.63. The van der Waals surface area contributed by atoms with Crippen LogP contribution in [-0.4, -0.2) is 40.2 Å². The number of hydroxylamine groups is 1. The molecule has 1 atom stereocenters. The SMILES string of the molecule is CSCCONC(=O)CC1Cn2nc(-c3ccccc3)cc2NC1=O. The van der Waals surface area contributed by atoms with Gasteiger partial charge in [-0.15, -0.1) is 0 Å². The number of aromatic nitrogens is 2. The van der Waals surface area contributed by atoms with Gasteiger partial charge in [-0.25, -0.2) is 10.2 Å². The number of carbonyl (C=O) groups is 2. The molecular formula is C17H20N4O3S. The Hall–Kier alpha value is -2.32. The molecule has 2 aromatic rings. The fraction of sp³-hybridized carbons (Fsp3) is 0.353. The summed E-state index contributed by atoms with van der Waals surface area (Å²) in [5.74, 6) is 0.492. The highest BCUT2D eigenvalue weighted by atomic mass is 32.2. The average molecular weight is 360 g/mol. The Kier molecular flexibility index (Phi) is 5.72. The first-order valence-corrected chi connectivity index (χ1v) is 9.40. The second-order valence-corrected chi connectivity index (χ2v) is 6.71. The van der Waals surface area contributed by atoms with Crippen molar-refractivity contribution in [2.75, 3.05) is 23.9 Å². The normalized spacial score (nSPS) is 16.2. The fourth-order valence-electron chi connectivity index (χ4n) is 2.61. The minimum absolute atomic E-state index is 0.0606. The number of thioether (sulfide) groups is 1. The lowest BCUT2D eigenvalue weighted by Gasteiger charge is -2.22. The largest absolute Gasteiger partial charge is 0.311 e. The maximum Gasteiger partial charge on any atom is 0.244 e. The van der Waals surface area contributed by atoms with E-state index >= 15 is 0 Å². The summed E-state index contributed by atoms with van der Waals surface area (Å²) in [7, 11) is 0. The van der Waals surface area contributed by atoms with Gasteiger partial charge >= 0.3 is 0 Å². The molecular weight excluding hydrogens is 340 g/mol. The van der Waals surface area contributed by atoms with Crippen LogP contribution in [0.15, 0.2) is 36.4 Å². The predicted molar refractivity (Wildman–Crippen MR) is 96.9 cm³/mol. The number of hydrogen-bond acceptors (Lipinski definition) is 5. The third-order valence-corrected chi connectivity index (χ3v) is 4.45. The summed E-state index contributed by atoms with van der Waals surface area (Å²) in [5.41, 5.74) is 4.15. The highest BCUT2D eigenvalue weighted by molar-refractivity contribution is 7.98. The second kappa shape index (κ2) is 8.17. The predicted octanol–water partition coefficient (Wildman–Crippen LogP) is 1.92. The van der Waals surface area contributed by atoms with E-state index in [9.17, 15) is 9.59 Å². The van der Waals surface area contributed by atoms with Gasteiger partial charge in [-0.3, -0.25) is 14.4 Å². The van der Waals surface area contributed by atoms with Crippen LogP contribution in [0.2, 0.25) is 0 Å². The molecule has 0 saturated heterocycles. The lowest BCUT2D eigenvalue weighted by atomic mass is 10.0. The van der Waals surface area contributed by atoms with E-state index in [0.29, 0.717) is 19.0 Å². The Balaban J connectivity index is 1.62. The zero-order valence-electron chi connectivity index (χ0n) is 13.9. The third kappa shape index (κ3) is 4.40. The fourth-order valence-corrected chi connectivity index (χ4v) is 2.86. The van der Waals surface area contributed by atoms with Gasteiger partial charge in [-0.2, -0.15) is 16.9 Å². The number of nitrogens with zero attached hydrogens (tertiary/aromatic N) is 2. The zero-order valence-corrected chi connectivity index (χ0v) is 14.7. The molecule has 0 radical (unpaired) electrons. The Labute approximate surface area is 150 Å². The molecule has 1 aliphatic rings. The first-order valence-electron chi connectivity index (χ1n) is 8.01. The quantitative estimate of drug-likeness (QED) is 0.582. The van der Waals surface area contributed by atoms with Gasteiger partial charge in [-0.05, 0) is 6.26 Å². The van der Waals surface area contributed by atoms with Gasteiger partial charge in [0, 0.05) is 23.8 Å². The lowest BCUT2D eigenvalue weighted by molar-refractivity contribution is -0.136. The summed E-state index contributed by atoms with van der Waals surface area (Å²) in [6.45, 7) is 0.805. The number of anilines is 1. The summed E-state index contributed by atoms with van der Waals surface area (Å²) in [4.78, 5) is 29.2. The number of amides is 2. The minimum Gasteiger partial charge on any atom is -0.311 e. The van der Waals surface area contributed by atoms with Crippen LogP contribution in [-0.2, 0) is 21.0 Å². The molecule has 7 nitrogen and oxygen atoms in total. The number of fused-ring (bicyclic) bond motifs is 1. The summed E-state index contributed by atoms with van der Waals surface area (Å²) in [6, 6.07) is 11.6. The van der Waals surface area contributed by atoms with Crippen molar-refractivity contribution in [3.63, 3.8) is 0 Å². The van der Waals surface area contributed by atoms with Gasteiger partial charge in [0.05, 0.1) is 24.8 Å². The van der Waals surface area contributed by atoms with E-state index in [-0.39, 0.29) is 18.2 Å². The average Bonchev–Trinajstić information content (AvgIpc) is 3.02. The molecule has 1 aromatic heterocycles. The van der Waals surface area contributed by atoms with Crippen LogP contribution in [0.1, 0.15) is 6.42 Å². The third-order valence-electron chi connectivity index (χ3n) is 3.87. The molecule has 25 heavy (non-hydrogen) atoms. The summed E-state index contributed by atoms with van der Waals surface area (Å²) < 4.78 is 1.73. The van der Waals surface area contributed by atoms with Crippen molar-refractivity contribution >= 4 is 29.4 Å². The highest BCUT2D eigenvalue weighted by Gasteiger charge is 2.29. The Morgan fingerprint density at radius 2 is 2.24 bits per heavy atom. The first-order chi connectivity index (χ1) is 12.2. The summed E-state index contributed by atoms with van der Waals surface area (Å²) in [6.07, 6.45) is 2.02. The van der Waals surface area contributed by atoms with Crippen LogP contribution in [0.25, 0.3) is 11.3 Å². The zero-order chi connectivity index (χ0) is 17.6. The van der Waals surface area contributed by atoms with Crippen molar-refractivity contribution in [3.05, 3.63) is 36.4 Å². The molecule has 1 unspecified atom stereocenters. The van der Waals surface area contributed by atoms with Gasteiger partial charge in [0.15, 0.2) is 0 Å². The molecule has 2 amide bonds. The van der Waals surface area contributed by atoms with Gasteiger partial charge in [0.25, 0.3) is 0 Å². The Bertz CT molecular complexity index is 748. The molecule has 1 aliphatic heterocycles. The number of nitrogens with one attached hydrogen (secondary N) is 2. The smallest absolute Gasteiger partial charge is 0.244 e. The van der Waals surface area contributed by atoms with Crippen molar-refractivity contribution in [1.82, 2.24) is 15.3 Å². The topological polar surface area (TPSA) is 85.2 Å². The van der Waals surface area contributed by atoms with E-state index in [4.69, 9.17) is 4.84 Å². The van der Waals surface area contributed by atoms with Crippen LogP contribution in [0, 0.1) is 5.92 Å². The molecule has 0 fully saturated rings. The first kappa shape index (κ1) is 17.5. The molecule has 0 spiro atoms. The van der Waals surface area contributed by atoms with Crippen LogP contribution >= 0.6 is 11.8 Å². The van der Waals surface area contributed by atoms with Crippen molar-refractivity contribution in [2.24, 2.45) is 5.92 Å². The van der Waals surface area contributed by atoms with Gasteiger partial charge in [0.2, 0.25) is 11.8 Å². The molecule has 2 heterocycles. The van der Waals surface area contributed by atoms with Crippen molar-refractivity contribution in [2.45, 2.75) is 13.0 Å². The highest BCUT2D eigenvalue weighted by Crippen LogP contribution is 2.26. The van der Waals surface area contributed by atoms with Gasteiger partial charge in [-0.1, -0.05) is 30.3 Å². The van der Waals surface area contributed by atoms with E-state index < -0.39 is 5.92 Å². The number of rotatable bonds is 7. The monoisotopic (exact) mass is 360 g/mol. The standard InChI is InChI=1S/C17H20N4O3S/c1-25-8-7-24-20-16(22)9-13-11-21-15(18-17(13)23)10-14(19-21)12-5-3-2-4-6-12/h2-6,10,13H,7-9,11H2,1H3,(H,18,23)(H,20,22). The Morgan fingerprint density at radius 1 is 1.44 bits per heavy atom. The molecule has 0 saturated carbocycles. The van der Waals surface area contributed by atoms with E-state index in [0.717, 1.165) is 17.0 Å². The van der Waals surface area contributed by atoms with Gasteiger partial charge in [0.1, 0.15) is 5.82 Å². The molecule has 0 aliphatic carbocycles. The van der Waals surface area contributed by atoms with E-state index in [1.54, 1.807) is 16.4 Å². The summed E-state index contributed by atoms with van der Waals surface area (Å²) in [5, 5.41) is 7.35. The van der Waals surface area contributed by atoms with Crippen LogP contribution in [0.3, 0.4) is 0 Å². The number of carbonyl (C=O) groups excluding carboxylic acids is 2. The maximum atomic E-state index is 12.2. The van der Waals surface area contributed by atoms with Crippen LogP contribution in [0.5, 0.6) is 0 Å². The molecule has 0 bridgehead atoms. The van der Waals surface area contributed by atoms with E-state index in [1.807, 2.05) is 42.7 Å².